The summed E-state index contributed by atoms with van der Waals surface area (Å²) in [6, 6.07) is 0. The van der Waals surface area contributed by atoms with Crippen molar-refractivity contribution >= 4 is 11.8 Å². The molecule has 0 radical (unpaired) electrons. The summed E-state index contributed by atoms with van der Waals surface area (Å²) in [6.07, 6.45) is 13.3. The Morgan fingerprint density at radius 3 is 1.21 bits per heavy atom. The zero-order valence-electron chi connectivity index (χ0n) is 15.8. The number of thioether (sulfide) groups is 1. The van der Waals surface area contributed by atoms with Crippen LogP contribution in [0.5, 0.6) is 0 Å². The molecule has 0 bridgehead atoms. The fourth-order valence-electron chi connectivity index (χ4n) is 2.97. The molecule has 0 saturated heterocycles. The Labute approximate surface area is 152 Å². The van der Waals surface area contributed by atoms with E-state index in [1.165, 1.54) is 82.1 Å². The molecule has 0 saturated carbocycles. The molecule has 0 aliphatic heterocycles. The molecule has 0 unspecified atom stereocenters. The Morgan fingerprint density at radius 2 is 0.875 bits per heavy atom. The van der Waals surface area contributed by atoms with Crippen LogP contribution < -0.4 is 0 Å². The maximum Gasteiger partial charge on any atom is 0.389 e. The standard InChI is InChI=1S/C20H39F3S/c1-2-24-19-17-15-13-11-9-7-5-3-4-6-8-10-12-14-16-18-20(21,22)23/h2-19H2,1H3. The van der Waals surface area contributed by atoms with Crippen molar-refractivity contribution in [2.45, 2.75) is 116 Å². The van der Waals surface area contributed by atoms with Gasteiger partial charge in [0, 0.05) is 6.42 Å². The van der Waals surface area contributed by atoms with E-state index in [4.69, 9.17) is 0 Å². The van der Waals surface area contributed by atoms with Gasteiger partial charge in [0.05, 0.1) is 0 Å². The minimum atomic E-state index is -3.96. The molecule has 24 heavy (non-hydrogen) atoms. The van der Waals surface area contributed by atoms with Crippen molar-refractivity contribution in [1.29, 1.82) is 0 Å². The van der Waals surface area contributed by atoms with Gasteiger partial charge in [0.25, 0.3) is 0 Å². The van der Waals surface area contributed by atoms with Crippen molar-refractivity contribution in [3.05, 3.63) is 0 Å². The maximum absolute atomic E-state index is 12.0. The molecule has 0 aliphatic carbocycles. The third kappa shape index (κ3) is 22.1. The normalized spacial score (nSPS) is 12.0. The molecule has 0 aromatic heterocycles. The van der Waals surface area contributed by atoms with Gasteiger partial charge < -0.3 is 0 Å². The number of hydrogen-bond donors (Lipinski definition) is 0. The lowest BCUT2D eigenvalue weighted by Crippen LogP contribution is -2.06. The van der Waals surface area contributed by atoms with Gasteiger partial charge in [0.1, 0.15) is 0 Å². The molecule has 146 valence electrons. The highest BCUT2D eigenvalue weighted by Crippen LogP contribution is 2.23. The van der Waals surface area contributed by atoms with Crippen LogP contribution in [0.1, 0.15) is 110 Å². The zero-order chi connectivity index (χ0) is 17.9. The lowest BCUT2D eigenvalue weighted by molar-refractivity contribution is -0.135. The van der Waals surface area contributed by atoms with E-state index in [1.54, 1.807) is 0 Å². The van der Waals surface area contributed by atoms with Crippen LogP contribution in [0.4, 0.5) is 13.2 Å². The first kappa shape index (κ1) is 24.1. The lowest BCUT2D eigenvalue weighted by atomic mass is 10.0. The quantitative estimate of drug-likeness (QED) is 0.218. The fourth-order valence-corrected chi connectivity index (χ4v) is 3.67. The van der Waals surface area contributed by atoms with Gasteiger partial charge in [-0.1, -0.05) is 90.4 Å². The predicted molar refractivity (Wildman–Crippen MR) is 103 cm³/mol. The molecule has 0 spiro atoms. The first-order valence-corrected chi connectivity index (χ1v) is 11.4. The monoisotopic (exact) mass is 368 g/mol. The Morgan fingerprint density at radius 1 is 0.542 bits per heavy atom. The average molecular weight is 369 g/mol. The minimum Gasteiger partial charge on any atom is -0.171 e. The van der Waals surface area contributed by atoms with E-state index >= 15 is 0 Å². The highest BCUT2D eigenvalue weighted by molar-refractivity contribution is 7.99. The second-order valence-electron chi connectivity index (χ2n) is 6.87. The second kappa shape index (κ2) is 17.9. The molecule has 0 N–H and O–H groups in total. The van der Waals surface area contributed by atoms with E-state index in [1.807, 2.05) is 0 Å². The van der Waals surface area contributed by atoms with E-state index in [-0.39, 0.29) is 0 Å². The summed E-state index contributed by atoms with van der Waals surface area (Å²) in [5.74, 6) is 2.58. The van der Waals surface area contributed by atoms with Crippen molar-refractivity contribution in [1.82, 2.24) is 0 Å². The first-order chi connectivity index (χ1) is 11.6. The Hall–Kier alpha value is 0.140. The topological polar surface area (TPSA) is 0 Å². The number of halogens is 3. The zero-order valence-corrected chi connectivity index (χ0v) is 16.6. The molecule has 0 aromatic carbocycles. The molecule has 0 amide bonds. The van der Waals surface area contributed by atoms with Gasteiger partial charge in [-0.3, -0.25) is 0 Å². The van der Waals surface area contributed by atoms with Crippen LogP contribution in [0.3, 0.4) is 0 Å². The van der Waals surface area contributed by atoms with Crippen LogP contribution in [0.15, 0.2) is 0 Å². The second-order valence-corrected chi connectivity index (χ2v) is 8.26. The summed E-state index contributed by atoms with van der Waals surface area (Å²) in [5.41, 5.74) is 0. The number of rotatable bonds is 18. The van der Waals surface area contributed by atoms with Crippen LogP contribution in [-0.2, 0) is 0 Å². The smallest absolute Gasteiger partial charge is 0.171 e. The van der Waals surface area contributed by atoms with E-state index in [0.717, 1.165) is 19.3 Å². The molecular formula is C20H39F3S. The molecule has 0 atom stereocenters. The molecular weight excluding hydrogens is 329 g/mol. The highest BCUT2D eigenvalue weighted by atomic mass is 32.2. The molecule has 0 rings (SSSR count). The van der Waals surface area contributed by atoms with Crippen LogP contribution >= 0.6 is 11.8 Å². The van der Waals surface area contributed by atoms with Gasteiger partial charge in [-0.25, -0.2) is 0 Å². The Balaban J connectivity index is 3.00. The molecule has 0 fully saturated rings. The minimum absolute atomic E-state index is 0.306. The number of hydrogen-bond acceptors (Lipinski definition) is 1. The van der Waals surface area contributed by atoms with Gasteiger partial charge in [0.15, 0.2) is 0 Å². The van der Waals surface area contributed by atoms with Crippen LogP contribution in [0.25, 0.3) is 0 Å². The lowest BCUT2D eigenvalue weighted by Gasteiger charge is -2.05. The summed E-state index contributed by atoms with van der Waals surface area (Å²) < 4.78 is 35.9. The van der Waals surface area contributed by atoms with Gasteiger partial charge >= 0.3 is 6.18 Å². The van der Waals surface area contributed by atoms with Gasteiger partial charge in [-0.2, -0.15) is 24.9 Å². The summed E-state index contributed by atoms with van der Waals surface area (Å²) >= 11 is 2.05. The van der Waals surface area contributed by atoms with Crippen LogP contribution in [0, 0.1) is 0 Å². The maximum atomic E-state index is 12.0. The Bertz CT molecular complexity index is 242. The van der Waals surface area contributed by atoms with Crippen LogP contribution in [0.2, 0.25) is 0 Å². The van der Waals surface area contributed by atoms with Crippen molar-refractivity contribution < 1.29 is 13.2 Å². The molecule has 0 heterocycles. The third-order valence-corrected chi connectivity index (χ3v) is 5.44. The predicted octanol–water partition coefficient (Wildman–Crippen LogP) is 8.54. The van der Waals surface area contributed by atoms with Crippen molar-refractivity contribution in [2.24, 2.45) is 0 Å². The third-order valence-electron chi connectivity index (χ3n) is 4.45. The van der Waals surface area contributed by atoms with E-state index in [0.29, 0.717) is 6.42 Å². The van der Waals surface area contributed by atoms with Crippen molar-refractivity contribution in [3.8, 4) is 0 Å². The van der Waals surface area contributed by atoms with E-state index in [9.17, 15) is 13.2 Å². The fraction of sp³-hybridized carbons (Fsp3) is 1.00. The Kier molecular flexibility index (Phi) is 18.1. The summed E-state index contributed by atoms with van der Waals surface area (Å²) in [4.78, 5) is 0. The summed E-state index contributed by atoms with van der Waals surface area (Å²) in [6.45, 7) is 2.23. The molecule has 4 heteroatoms. The number of alkyl halides is 3. The largest absolute Gasteiger partial charge is 0.389 e. The van der Waals surface area contributed by atoms with Gasteiger partial charge in [-0.15, -0.1) is 0 Å². The molecule has 0 aromatic rings. The van der Waals surface area contributed by atoms with Crippen molar-refractivity contribution in [3.63, 3.8) is 0 Å². The molecule has 0 aliphatic rings. The highest BCUT2D eigenvalue weighted by Gasteiger charge is 2.25. The summed E-state index contributed by atoms with van der Waals surface area (Å²) in [7, 11) is 0. The van der Waals surface area contributed by atoms with Crippen LogP contribution in [-0.4, -0.2) is 17.7 Å². The van der Waals surface area contributed by atoms with Gasteiger partial charge in [0.2, 0.25) is 0 Å². The van der Waals surface area contributed by atoms with Crippen molar-refractivity contribution in [2.75, 3.05) is 11.5 Å². The van der Waals surface area contributed by atoms with E-state index < -0.39 is 12.6 Å². The SMILES string of the molecule is CCSCCCCCCCCCCCCCCCCCC(F)(F)F. The van der Waals surface area contributed by atoms with E-state index in [2.05, 4.69) is 18.7 Å². The first-order valence-electron chi connectivity index (χ1n) is 10.2. The molecule has 0 nitrogen and oxygen atoms in total. The average Bonchev–Trinajstić information content (AvgIpc) is 2.52. The summed E-state index contributed by atoms with van der Waals surface area (Å²) in [5, 5.41) is 0. The van der Waals surface area contributed by atoms with Gasteiger partial charge in [-0.05, 0) is 24.3 Å². The number of unbranched alkanes of at least 4 members (excludes halogenated alkanes) is 14.